The summed E-state index contributed by atoms with van der Waals surface area (Å²) in [5.41, 5.74) is 0.993. The molecule has 2 nitrogen and oxygen atoms in total. The van der Waals surface area contributed by atoms with E-state index >= 15 is 0 Å². The van der Waals surface area contributed by atoms with Crippen LogP contribution in [0.15, 0.2) is 36.0 Å². The van der Waals surface area contributed by atoms with Crippen molar-refractivity contribution in [3.05, 3.63) is 36.0 Å². The molecule has 0 unspecified atom stereocenters. The Labute approximate surface area is 101 Å². The molecule has 3 aliphatic rings. The molecular weight excluding hydrogens is 212 g/mol. The predicted octanol–water partition coefficient (Wildman–Crippen LogP) is 2.61. The third-order valence-corrected chi connectivity index (χ3v) is 4.64. The van der Waals surface area contributed by atoms with Gasteiger partial charge in [-0.3, -0.25) is 9.59 Å². The Balaban J connectivity index is 2.07. The summed E-state index contributed by atoms with van der Waals surface area (Å²) in [5, 5.41) is 0. The van der Waals surface area contributed by atoms with E-state index in [-0.39, 0.29) is 22.9 Å². The SMILES string of the molecule is CC[C@@]12CC=C3C(=O)C=C[C@H]3[C@@H]1C=CC(=O)C2. The minimum atomic E-state index is 0.0506. The lowest BCUT2D eigenvalue weighted by Crippen LogP contribution is -2.40. The number of ketones is 2. The van der Waals surface area contributed by atoms with Crippen molar-refractivity contribution in [1.29, 1.82) is 0 Å². The highest BCUT2D eigenvalue weighted by Crippen LogP contribution is 2.53. The molecule has 17 heavy (non-hydrogen) atoms. The molecular formula is C15H16O2. The summed E-state index contributed by atoms with van der Waals surface area (Å²) in [7, 11) is 0. The highest BCUT2D eigenvalue weighted by Gasteiger charge is 2.47. The van der Waals surface area contributed by atoms with Gasteiger partial charge < -0.3 is 0 Å². The van der Waals surface area contributed by atoms with E-state index in [9.17, 15) is 9.59 Å². The quantitative estimate of drug-likeness (QED) is 0.691. The van der Waals surface area contributed by atoms with Crippen LogP contribution in [-0.4, -0.2) is 11.6 Å². The molecule has 2 heteroatoms. The van der Waals surface area contributed by atoms with Crippen molar-refractivity contribution in [1.82, 2.24) is 0 Å². The molecule has 0 heterocycles. The molecule has 0 N–H and O–H groups in total. The molecule has 0 radical (unpaired) electrons. The largest absolute Gasteiger partial charge is 0.295 e. The van der Waals surface area contributed by atoms with Gasteiger partial charge in [-0.05, 0) is 36.3 Å². The lowest BCUT2D eigenvalue weighted by Gasteiger charge is -2.45. The zero-order valence-corrected chi connectivity index (χ0v) is 9.98. The molecule has 3 atom stereocenters. The molecule has 0 aromatic carbocycles. The van der Waals surface area contributed by atoms with Crippen LogP contribution in [0.25, 0.3) is 0 Å². The fourth-order valence-corrected chi connectivity index (χ4v) is 3.57. The molecule has 3 aliphatic carbocycles. The Kier molecular flexibility index (Phi) is 2.22. The van der Waals surface area contributed by atoms with Gasteiger partial charge in [0.05, 0.1) is 0 Å². The minimum absolute atomic E-state index is 0.0506. The molecule has 0 saturated heterocycles. The monoisotopic (exact) mass is 228 g/mol. The van der Waals surface area contributed by atoms with Gasteiger partial charge in [0.15, 0.2) is 11.6 Å². The van der Waals surface area contributed by atoms with Crippen LogP contribution < -0.4 is 0 Å². The maximum Gasteiger partial charge on any atom is 0.181 e. The molecule has 0 fully saturated rings. The Morgan fingerprint density at radius 2 is 2.12 bits per heavy atom. The van der Waals surface area contributed by atoms with E-state index in [1.807, 2.05) is 12.2 Å². The fourth-order valence-electron chi connectivity index (χ4n) is 3.57. The van der Waals surface area contributed by atoms with E-state index < -0.39 is 0 Å². The van der Waals surface area contributed by atoms with Crippen LogP contribution >= 0.6 is 0 Å². The van der Waals surface area contributed by atoms with Gasteiger partial charge >= 0.3 is 0 Å². The van der Waals surface area contributed by atoms with Gasteiger partial charge in [-0.15, -0.1) is 0 Å². The van der Waals surface area contributed by atoms with Crippen LogP contribution in [0.4, 0.5) is 0 Å². The number of hydrogen-bond acceptors (Lipinski definition) is 2. The van der Waals surface area contributed by atoms with Crippen molar-refractivity contribution in [2.24, 2.45) is 17.3 Å². The molecule has 0 aromatic heterocycles. The Morgan fingerprint density at radius 3 is 2.88 bits per heavy atom. The second kappa shape index (κ2) is 3.52. The Bertz CT molecular complexity index is 481. The lowest BCUT2D eigenvalue weighted by atomic mass is 9.57. The molecule has 3 rings (SSSR count). The molecule has 0 spiro atoms. The zero-order valence-electron chi connectivity index (χ0n) is 9.98. The molecule has 88 valence electrons. The normalized spacial score (nSPS) is 39.0. The van der Waals surface area contributed by atoms with E-state index in [0.717, 1.165) is 18.4 Å². The Morgan fingerprint density at radius 1 is 1.29 bits per heavy atom. The number of carbonyl (C=O) groups is 2. The first kappa shape index (κ1) is 10.7. The first-order valence-corrected chi connectivity index (χ1v) is 6.30. The van der Waals surface area contributed by atoms with E-state index in [0.29, 0.717) is 12.3 Å². The highest BCUT2D eigenvalue weighted by molar-refractivity contribution is 6.07. The lowest BCUT2D eigenvalue weighted by molar-refractivity contribution is -0.118. The maximum absolute atomic E-state index is 11.7. The number of carbonyl (C=O) groups excluding carboxylic acids is 2. The van der Waals surface area contributed by atoms with Gasteiger partial charge in [0, 0.05) is 17.9 Å². The second-order valence-corrected chi connectivity index (χ2v) is 5.36. The van der Waals surface area contributed by atoms with E-state index in [1.165, 1.54) is 0 Å². The van der Waals surface area contributed by atoms with Crippen LogP contribution in [0, 0.1) is 17.3 Å². The van der Waals surface area contributed by atoms with Crippen molar-refractivity contribution in [3.8, 4) is 0 Å². The van der Waals surface area contributed by atoms with Crippen LogP contribution in [-0.2, 0) is 9.59 Å². The molecule has 0 aromatic rings. The number of rotatable bonds is 1. The van der Waals surface area contributed by atoms with E-state index in [1.54, 1.807) is 12.2 Å². The summed E-state index contributed by atoms with van der Waals surface area (Å²) in [6, 6.07) is 0. The first-order valence-electron chi connectivity index (χ1n) is 6.30. The van der Waals surface area contributed by atoms with Crippen molar-refractivity contribution in [3.63, 3.8) is 0 Å². The summed E-state index contributed by atoms with van der Waals surface area (Å²) < 4.78 is 0. The number of allylic oxidation sites excluding steroid dienone is 6. The molecule has 0 saturated carbocycles. The van der Waals surface area contributed by atoms with Crippen LogP contribution in [0.3, 0.4) is 0 Å². The number of hydrogen-bond donors (Lipinski definition) is 0. The molecule has 0 aliphatic heterocycles. The summed E-state index contributed by atoms with van der Waals surface area (Å²) in [4.78, 5) is 23.3. The minimum Gasteiger partial charge on any atom is -0.295 e. The topological polar surface area (TPSA) is 34.1 Å². The van der Waals surface area contributed by atoms with Crippen LogP contribution in [0.2, 0.25) is 0 Å². The van der Waals surface area contributed by atoms with Gasteiger partial charge in [0.1, 0.15) is 0 Å². The highest BCUT2D eigenvalue weighted by atomic mass is 16.1. The number of fused-ring (bicyclic) bond motifs is 3. The van der Waals surface area contributed by atoms with Gasteiger partial charge in [0.2, 0.25) is 0 Å². The zero-order chi connectivity index (χ0) is 12.0. The van der Waals surface area contributed by atoms with Gasteiger partial charge in [0.25, 0.3) is 0 Å². The van der Waals surface area contributed by atoms with Crippen molar-refractivity contribution in [2.45, 2.75) is 26.2 Å². The Hall–Kier alpha value is -1.44. The maximum atomic E-state index is 11.7. The van der Waals surface area contributed by atoms with Gasteiger partial charge in [-0.1, -0.05) is 25.2 Å². The summed E-state index contributed by atoms with van der Waals surface area (Å²) in [6.07, 6.45) is 12.0. The molecule has 0 amide bonds. The second-order valence-electron chi connectivity index (χ2n) is 5.36. The van der Waals surface area contributed by atoms with Crippen molar-refractivity contribution in [2.75, 3.05) is 0 Å². The standard InChI is InChI=1S/C15H16O2/c1-2-15-8-7-12-11(4-6-14(12)17)13(15)5-3-10(16)9-15/h3-7,11,13H,2,8-9H2,1H3/t11-,13+,15+/m1/s1. The first-order chi connectivity index (χ1) is 8.16. The summed E-state index contributed by atoms with van der Waals surface area (Å²) in [6.45, 7) is 2.15. The van der Waals surface area contributed by atoms with Gasteiger partial charge in [-0.25, -0.2) is 0 Å². The van der Waals surface area contributed by atoms with Gasteiger partial charge in [-0.2, -0.15) is 0 Å². The third kappa shape index (κ3) is 1.40. The predicted molar refractivity (Wildman–Crippen MR) is 65.3 cm³/mol. The average molecular weight is 228 g/mol. The van der Waals surface area contributed by atoms with Crippen molar-refractivity contribution >= 4 is 11.6 Å². The average Bonchev–Trinajstić information content (AvgIpc) is 2.70. The third-order valence-electron chi connectivity index (χ3n) is 4.64. The summed E-state index contributed by atoms with van der Waals surface area (Å²) in [5.74, 6) is 0.923. The smallest absolute Gasteiger partial charge is 0.181 e. The van der Waals surface area contributed by atoms with E-state index in [4.69, 9.17) is 0 Å². The van der Waals surface area contributed by atoms with Crippen LogP contribution in [0.5, 0.6) is 0 Å². The van der Waals surface area contributed by atoms with E-state index in [2.05, 4.69) is 13.0 Å². The molecule has 0 bridgehead atoms. The summed E-state index contributed by atoms with van der Waals surface area (Å²) >= 11 is 0. The van der Waals surface area contributed by atoms with Crippen molar-refractivity contribution < 1.29 is 9.59 Å². The van der Waals surface area contributed by atoms with Crippen LogP contribution in [0.1, 0.15) is 26.2 Å². The fraction of sp³-hybridized carbons (Fsp3) is 0.467.